The molecule has 1 amide bonds. The largest absolute Gasteiger partial charge is 0.401 e. The summed E-state index contributed by atoms with van der Waals surface area (Å²) in [7, 11) is 0. The summed E-state index contributed by atoms with van der Waals surface area (Å²) in [5, 5.41) is 12.1. The van der Waals surface area contributed by atoms with E-state index in [0.717, 1.165) is 31.5 Å². The van der Waals surface area contributed by atoms with Gasteiger partial charge in [0.15, 0.2) is 5.82 Å². The first-order valence-electron chi connectivity index (χ1n) is 6.53. The molecule has 1 rings (SSSR count). The lowest BCUT2D eigenvalue weighted by Gasteiger charge is -2.13. The van der Waals surface area contributed by atoms with Gasteiger partial charge in [0, 0.05) is 25.4 Å². The second-order valence-electron chi connectivity index (χ2n) is 4.66. The molecule has 0 aromatic carbocycles. The molecule has 0 aliphatic carbocycles. The molecule has 0 atom stereocenters. The number of nitrogens with one attached hydrogen (secondary N) is 1. The number of aryl methyl sites for hydroxylation is 1. The summed E-state index contributed by atoms with van der Waals surface area (Å²) in [4.78, 5) is 10.8. The molecule has 0 saturated heterocycles. The van der Waals surface area contributed by atoms with Crippen molar-refractivity contribution in [3.05, 3.63) is 29.7 Å². The lowest BCUT2D eigenvalue weighted by atomic mass is 10.2. The fourth-order valence-corrected chi connectivity index (χ4v) is 1.67. The van der Waals surface area contributed by atoms with Gasteiger partial charge in [-0.05, 0) is 38.3 Å². The topological polar surface area (TPSA) is 110 Å². The van der Waals surface area contributed by atoms with Crippen LogP contribution in [0.2, 0.25) is 0 Å². The molecule has 1 heterocycles. The molecule has 7 nitrogen and oxygen atoms in total. The summed E-state index contributed by atoms with van der Waals surface area (Å²) in [6, 6.07) is 3.61. The molecule has 0 bridgehead atoms. The number of allylic oxidation sites excluding steroid dienone is 1. The molecule has 0 radical (unpaired) electrons. The SMILES string of the molecule is CC(=O)Nc1ccc(CCCCN(N)/C=C(/C)N)nn1. The first-order valence-corrected chi connectivity index (χ1v) is 6.53. The number of hydrazine groups is 1. The third kappa shape index (κ3) is 6.69. The van der Waals surface area contributed by atoms with Crippen molar-refractivity contribution < 1.29 is 4.79 Å². The Balaban J connectivity index is 2.28. The molecule has 1 aromatic heterocycles. The van der Waals surface area contributed by atoms with Crippen LogP contribution >= 0.6 is 0 Å². The highest BCUT2D eigenvalue weighted by molar-refractivity contribution is 5.87. The molecule has 0 aliphatic rings. The minimum Gasteiger partial charge on any atom is -0.401 e. The molecule has 20 heavy (non-hydrogen) atoms. The molecule has 7 heteroatoms. The summed E-state index contributed by atoms with van der Waals surface area (Å²) in [6.07, 6.45) is 4.43. The van der Waals surface area contributed by atoms with E-state index in [-0.39, 0.29) is 5.91 Å². The summed E-state index contributed by atoms with van der Waals surface area (Å²) < 4.78 is 0. The van der Waals surface area contributed by atoms with Gasteiger partial charge in [0.2, 0.25) is 5.91 Å². The summed E-state index contributed by atoms with van der Waals surface area (Å²) >= 11 is 0. The van der Waals surface area contributed by atoms with Crippen LogP contribution in [0.25, 0.3) is 0 Å². The Morgan fingerprint density at radius 1 is 1.35 bits per heavy atom. The molecular weight excluding hydrogens is 256 g/mol. The van der Waals surface area contributed by atoms with Crippen molar-refractivity contribution in [2.24, 2.45) is 11.6 Å². The number of unbranched alkanes of at least 4 members (excludes halogenated alkanes) is 1. The van der Waals surface area contributed by atoms with Crippen LogP contribution in [-0.2, 0) is 11.2 Å². The van der Waals surface area contributed by atoms with Crippen LogP contribution in [0.15, 0.2) is 24.0 Å². The maximum Gasteiger partial charge on any atom is 0.222 e. The number of aromatic nitrogens is 2. The third-order valence-electron chi connectivity index (χ3n) is 2.49. The average Bonchev–Trinajstić information content (AvgIpc) is 2.35. The van der Waals surface area contributed by atoms with Gasteiger partial charge in [-0.3, -0.25) is 4.79 Å². The summed E-state index contributed by atoms with van der Waals surface area (Å²) in [5.74, 6) is 6.05. The lowest BCUT2D eigenvalue weighted by molar-refractivity contribution is -0.114. The second-order valence-corrected chi connectivity index (χ2v) is 4.66. The number of amides is 1. The van der Waals surface area contributed by atoms with Gasteiger partial charge in [-0.1, -0.05) is 0 Å². The van der Waals surface area contributed by atoms with E-state index in [4.69, 9.17) is 11.6 Å². The number of hydrogen-bond donors (Lipinski definition) is 3. The van der Waals surface area contributed by atoms with Crippen molar-refractivity contribution in [1.82, 2.24) is 15.2 Å². The molecule has 0 unspecified atom stereocenters. The van der Waals surface area contributed by atoms with Crippen molar-refractivity contribution in [3.8, 4) is 0 Å². The number of anilines is 1. The van der Waals surface area contributed by atoms with Crippen LogP contribution in [-0.4, -0.2) is 27.7 Å². The van der Waals surface area contributed by atoms with Crippen LogP contribution < -0.4 is 16.9 Å². The van der Waals surface area contributed by atoms with Crippen molar-refractivity contribution >= 4 is 11.7 Å². The molecule has 5 N–H and O–H groups in total. The van der Waals surface area contributed by atoms with Gasteiger partial charge in [0.1, 0.15) is 0 Å². The van der Waals surface area contributed by atoms with Gasteiger partial charge < -0.3 is 16.1 Å². The Morgan fingerprint density at radius 3 is 2.65 bits per heavy atom. The highest BCUT2D eigenvalue weighted by Crippen LogP contribution is 2.05. The predicted molar refractivity (Wildman–Crippen MR) is 78.1 cm³/mol. The van der Waals surface area contributed by atoms with Crippen LogP contribution in [0.5, 0.6) is 0 Å². The first kappa shape index (κ1) is 15.9. The molecule has 0 spiro atoms. The number of nitrogens with zero attached hydrogens (tertiary/aromatic N) is 3. The van der Waals surface area contributed by atoms with E-state index in [0.29, 0.717) is 11.5 Å². The van der Waals surface area contributed by atoms with Gasteiger partial charge in [-0.15, -0.1) is 5.10 Å². The van der Waals surface area contributed by atoms with E-state index in [1.54, 1.807) is 24.2 Å². The van der Waals surface area contributed by atoms with E-state index in [9.17, 15) is 4.79 Å². The van der Waals surface area contributed by atoms with E-state index in [2.05, 4.69) is 15.5 Å². The predicted octanol–water partition coefficient (Wildman–Crippen LogP) is 0.753. The molecule has 110 valence electrons. The maximum atomic E-state index is 10.8. The van der Waals surface area contributed by atoms with Gasteiger partial charge in [-0.2, -0.15) is 5.10 Å². The monoisotopic (exact) mass is 278 g/mol. The zero-order valence-corrected chi connectivity index (χ0v) is 12.0. The summed E-state index contributed by atoms with van der Waals surface area (Å²) in [6.45, 7) is 3.98. The number of carbonyl (C=O) groups is 1. The Kier molecular flexibility index (Phi) is 6.45. The number of carbonyl (C=O) groups excluding carboxylic acids is 1. The lowest BCUT2D eigenvalue weighted by Crippen LogP contribution is -2.27. The maximum absolute atomic E-state index is 10.8. The molecule has 0 aliphatic heterocycles. The fraction of sp³-hybridized carbons (Fsp3) is 0.462. The molecule has 1 aromatic rings. The zero-order valence-electron chi connectivity index (χ0n) is 12.0. The highest BCUT2D eigenvalue weighted by atomic mass is 16.1. The van der Waals surface area contributed by atoms with Crippen molar-refractivity contribution in [2.75, 3.05) is 11.9 Å². The standard InChI is InChI=1S/C13H22N6O/c1-10(14)9-19(15)8-4-3-5-12-6-7-13(18-17-12)16-11(2)20/h6-7,9H,3-5,8,14-15H2,1-2H3,(H,16,18,20)/b10-9-. The van der Waals surface area contributed by atoms with Crippen LogP contribution in [0.1, 0.15) is 32.4 Å². The normalized spacial score (nSPS) is 11.2. The Labute approximate surface area is 119 Å². The number of rotatable bonds is 7. The molecule has 0 saturated carbocycles. The Hall–Kier alpha value is -2.15. The fourth-order valence-electron chi connectivity index (χ4n) is 1.67. The molecule has 0 fully saturated rings. The zero-order chi connectivity index (χ0) is 15.0. The number of hydrogen-bond acceptors (Lipinski definition) is 6. The Bertz CT molecular complexity index is 452. The highest BCUT2D eigenvalue weighted by Gasteiger charge is 2.00. The Morgan fingerprint density at radius 2 is 2.10 bits per heavy atom. The van der Waals surface area contributed by atoms with Crippen LogP contribution in [0.4, 0.5) is 5.82 Å². The third-order valence-corrected chi connectivity index (χ3v) is 2.49. The van der Waals surface area contributed by atoms with Crippen LogP contribution in [0, 0.1) is 0 Å². The quantitative estimate of drug-likeness (QED) is 0.386. The second kappa shape index (κ2) is 8.11. The van der Waals surface area contributed by atoms with Crippen molar-refractivity contribution in [1.29, 1.82) is 0 Å². The van der Waals surface area contributed by atoms with Gasteiger partial charge in [-0.25, -0.2) is 5.84 Å². The van der Waals surface area contributed by atoms with E-state index in [1.165, 1.54) is 6.92 Å². The molecular formula is C13H22N6O. The number of nitrogens with two attached hydrogens (primary N) is 2. The van der Waals surface area contributed by atoms with E-state index in [1.807, 2.05) is 6.07 Å². The average molecular weight is 278 g/mol. The van der Waals surface area contributed by atoms with Crippen LogP contribution in [0.3, 0.4) is 0 Å². The van der Waals surface area contributed by atoms with E-state index >= 15 is 0 Å². The minimum absolute atomic E-state index is 0.154. The van der Waals surface area contributed by atoms with Gasteiger partial charge >= 0.3 is 0 Å². The smallest absolute Gasteiger partial charge is 0.222 e. The van der Waals surface area contributed by atoms with Gasteiger partial charge in [0.25, 0.3) is 0 Å². The van der Waals surface area contributed by atoms with Gasteiger partial charge in [0.05, 0.1) is 5.69 Å². The van der Waals surface area contributed by atoms with E-state index < -0.39 is 0 Å². The minimum atomic E-state index is -0.154. The van der Waals surface area contributed by atoms with Crippen molar-refractivity contribution in [2.45, 2.75) is 33.1 Å². The summed E-state index contributed by atoms with van der Waals surface area (Å²) in [5.41, 5.74) is 7.11. The first-order chi connectivity index (χ1) is 9.47. The van der Waals surface area contributed by atoms with Crippen molar-refractivity contribution in [3.63, 3.8) is 0 Å².